The highest BCUT2D eigenvalue weighted by Crippen LogP contribution is 2.26. The highest BCUT2D eigenvalue weighted by molar-refractivity contribution is 9.10. The van der Waals surface area contributed by atoms with Gasteiger partial charge in [-0.15, -0.1) is 0 Å². The van der Waals surface area contributed by atoms with Gasteiger partial charge in [0.1, 0.15) is 0 Å². The summed E-state index contributed by atoms with van der Waals surface area (Å²) in [6, 6.07) is 7.11. The van der Waals surface area contributed by atoms with Crippen molar-refractivity contribution in [1.29, 1.82) is 0 Å². The number of carbonyl (C=O) groups is 2. The molecule has 0 radical (unpaired) electrons. The number of aldehydes is 1. The van der Waals surface area contributed by atoms with Crippen LogP contribution >= 0.6 is 15.9 Å². The molecule has 0 saturated heterocycles. The van der Waals surface area contributed by atoms with E-state index < -0.39 is 17.2 Å². The smallest absolute Gasteiger partial charge is 0.408 e. The number of carbonyl (C=O) groups excluding carboxylic acids is 2. The highest BCUT2D eigenvalue weighted by atomic mass is 79.9. The number of amides is 1. The minimum absolute atomic E-state index is 0.419. The quantitative estimate of drug-likeness (QED) is 0.866. The molecular formula is C14H18BrNO3. The zero-order valence-electron chi connectivity index (χ0n) is 11.5. The Morgan fingerprint density at radius 2 is 1.95 bits per heavy atom. The topological polar surface area (TPSA) is 55.4 Å². The fourth-order valence-electron chi connectivity index (χ4n) is 1.47. The van der Waals surface area contributed by atoms with E-state index in [0.29, 0.717) is 11.8 Å². The number of hydrogen-bond acceptors (Lipinski definition) is 3. The average molecular weight is 328 g/mol. The molecule has 0 aliphatic rings. The van der Waals surface area contributed by atoms with Gasteiger partial charge in [-0.3, -0.25) is 4.79 Å². The van der Waals surface area contributed by atoms with Gasteiger partial charge in [-0.1, -0.05) is 28.1 Å². The van der Waals surface area contributed by atoms with E-state index in [1.165, 1.54) is 0 Å². The predicted molar refractivity (Wildman–Crippen MR) is 76.9 cm³/mol. The van der Waals surface area contributed by atoms with E-state index >= 15 is 0 Å². The van der Waals surface area contributed by atoms with Gasteiger partial charge in [0, 0.05) is 15.6 Å². The first kappa shape index (κ1) is 15.7. The second kappa shape index (κ2) is 5.74. The average Bonchev–Trinajstić information content (AvgIpc) is 2.26. The minimum Gasteiger partial charge on any atom is -0.431 e. The van der Waals surface area contributed by atoms with Crippen molar-refractivity contribution in [3.8, 4) is 0 Å². The van der Waals surface area contributed by atoms with Crippen LogP contribution in [0.1, 0.15) is 33.3 Å². The van der Waals surface area contributed by atoms with E-state index in [1.54, 1.807) is 25.1 Å². The van der Waals surface area contributed by atoms with Gasteiger partial charge in [0.2, 0.25) is 0 Å². The molecular weight excluding hydrogens is 310 g/mol. The molecule has 104 valence electrons. The summed E-state index contributed by atoms with van der Waals surface area (Å²) < 4.78 is 6.08. The summed E-state index contributed by atoms with van der Waals surface area (Å²) >= 11 is 3.33. The zero-order chi connectivity index (χ0) is 14.7. The van der Waals surface area contributed by atoms with E-state index in [1.807, 2.05) is 26.8 Å². The van der Waals surface area contributed by atoms with E-state index in [0.717, 1.165) is 4.47 Å². The van der Waals surface area contributed by atoms with Crippen LogP contribution in [0.15, 0.2) is 28.7 Å². The summed E-state index contributed by atoms with van der Waals surface area (Å²) in [6.07, 6.45) is -0.00104. The molecule has 1 N–H and O–H groups in total. The van der Waals surface area contributed by atoms with Crippen LogP contribution in [0.3, 0.4) is 0 Å². The van der Waals surface area contributed by atoms with E-state index in [9.17, 15) is 9.59 Å². The molecule has 1 amide bonds. The van der Waals surface area contributed by atoms with Gasteiger partial charge in [-0.25, -0.2) is 4.79 Å². The van der Waals surface area contributed by atoms with Crippen LogP contribution < -0.4 is 5.32 Å². The molecule has 0 aliphatic heterocycles. The molecule has 4 nitrogen and oxygen atoms in total. The summed E-state index contributed by atoms with van der Waals surface area (Å²) in [7, 11) is 0. The van der Waals surface area contributed by atoms with E-state index in [2.05, 4.69) is 21.2 Å². The van der Waals surface area contributed by atoms with Crippen LogP contribution in [0.2, 0.25) is 0 Å². The third kappa shape index (κ3) is 4.67. The second-order valence-electron chi connectivity index (χ2n) is 5.50. The third-order valence-electron chi connectivity index (χ3n) is 2.40. The molecule has 1 rings (SSSR count). The molecule has 1 aromatic rings. The molecule has 1 atom stereocenters. The fraction of sp³-hybridized carbons (Fsp3) is 0.429. The Bertz CT molecular complexity index is 482. The SMILES string of the molecule is CC(C)(C)NC(=O)OC(C)(C=O)c1cccc(Br)c1. The Kier molecular flexibility index (Phi) is 4.74. The van der Waals surface area contributed by atoms with Gasteiger partial charge in [-0.2, -0.15) is 0 Å². The van der Waals surface area contributed by atoms with Crippen molar-refractivity contribution < 1.29 is 14.3 Å². The Morgan fingerprint density at radius 1 is 1.32 bits per heavy atom. The molecule has 5 heteroatoms. The maximum absolute atomic E-state index is 11.8. The second-order valence-corrected chi connectivity index (χ2v) is 6.42. The molecule has 0 saturated carbocycles. The number of rotatable bonds is 3. The van der Waals surface area contributed by atoms with Crippen molar-refractivity contribution in [2.75, 3.05) is 0 Å². The monoisotopic (exact) mass is 327 g/mol. The van der Waals surface area contributed by atoms with Crippen LogP contribution in [0.5, 0.6) is 0 Å². The normalized spacial score (nSPS) is 14.4. The molecule has 0 fully saturated rings. The van der Waals surface area contributed by atoms with Gasteiger partial charge in [0.15, 0.2) is 11.9 Å². The Hall–Kier alpha value is -1.36. The van der Waals surface area contributed by atoms with Crippen LogP contribution in [0.4, 0.5) is 4.79 Å². The highest BCUT2D eigenvalue weighted by Gasteiger charge is 2.32. The van der Waals surface area contributed by atoms with Crippen molar-refractivity contribution in [3.63, 3.8) is 0 Å². The van der Waals surface area contributed by atoms with Crippen LogP contribution in [0.25, 0.3) is 0 Å². The van der Waals surface area contributed by atoms with Gasteiger partial charge >= 0.3 is 6.09 Å². The first-order valence-corrected chi connectivity index (χ1v) is 6.69. The van der Waals surface area contributed by atoms with Crippen molar-refractivity contribution in [2.24, 2.45) is 0 Å². The molecule has 1 unspecified atom stereocenters. The lowest BCUT2D eigenvalue weighted by atomic mass is 9.97. The molecule has 1 aromatic carbocycles. The number of hydrogen-bond donors (Lipinski definition) is 1. The maximum atomic E-state index is 11.8. The predicted octanol–water partition coefficient (Wildman–Crippen LogP) is 3.39. The van der Waals surface area contributed by atoms with Gasteiger partial charge in [0.05, 0.1) is 0 Å². The third-order valence-corrected chi connectivity index (χ3v) is 2.90. The number of nitrogens with one attached hydrogen (secondary N) is 1. The molecule has 0 aliphatic carbocycles. The number of alkyl carbamates (subject to hydrolysis) is 1. The lowest BCUT2D eigenvalue weighted by Gasteiger charge is -2.27. The van der Waals surface area contributed by atoms with Crippen molar-refractivity contribution in [2.45, 2.75) is 38.8 Å². The lowest BCUT2D eigenvalue weighted by Crippen LogP contribution is -2.44. The standard InChI is InChI=1S/C14H18BrNO3/c1-13(2,3)16-12(18)19-14(4,9-17)10-6-5-7-11(15)8-10/h5-9H,1-4H3,(H,16,18). The van der Waals surface area contributed by atoms with Gasteiger partial charge in [-0.05, 0) is 39.8 Å². The summed E-state index contributed by atoms with van der Waals surface area (Å²) in [4.78, 5) is 23.1. The number of ether oxygens (including phenoxy) is 1. The van der Waals surface area contributed by atoms with Crippen molar-refractivity contribution in [1.82, 2.24) is 5.32 Å². The summed E-state index contributed by atoms with van der Waals surface area (Å²) in [6.45, 7) is 7.08. The Balaban J connectivity index is 2.93. The lowest BCUT2D eigenvalue weighted by molar-refractivity contribution is -0.123. The van der Waals surface area contributed by atoms with Gasteiger partial charge in [0.25, 0.3) is 0 Å². The fourth-order valence-corrected chi connectivity index (χ4v) is 1.87. The van der Waals surface area contributed by atoms with E-state index in [-0.39, 0.29) is 0 Å². The first-order valence-electron chi connectivity index (χ1n) is 5.90. The minimum atomic E-state index is -1.31. The summed E-state index contributed by atoms with van der Waals surface area (Å²) in [5.74, 6) is 0. The van der Waals surface area contributed by atoms with Crippen molar-refractivity contribution in [3.05, 3.63) is 34.3 Å². The molecule has 0 bridgehead atoms. The largest absolute Gasteiger partial charge is 0.431 e. The molecule has 0 spiro atoms. The summed E-state index contributed by atoms with van der Waals surface area (Å²) in [5.41, 5.74) is -1.11. The molecule has 0 heterocycles. The summed E-state index contributed by atoms with van der Waals surface area (Å²) in [5, 5.41) is 2.66. The van der Waals surface area contributed by atoms with Crippen molar-refractivity contribution >= 4 is 28.3 Å². The molecule has 0 aromatic heterocycles. The number of halogens is 1. The first-order chi connectivity index (χ1) is 8.66. The zero-order valence-corrected chi connectivity index (χ0v) is 13.1. The number of benzene rings is 1. The van der Waals surface area contributed by atoms with E-state index in [4.69, 9.17) is 4.74 Å². The van der Waals surface area contributed by atoms with Crippen LogP contribution in [-0.2, 0) is 15.1 Å². The van der Waals surface area contributed by atoms with Crippen LogP contribution in [-0.4, -0.2) is 17.9 Å². The Morgan fingerprint density at radius 3 is 2.42 bits per heavy atom. The molecule has 19 heavy (non-hydrogen) atoms. The maximum Gasteiger partial charge on any atom is 0.408 e. The van der Waals surface area contributed by atoms with Gasteiger partial charge < -0.3 is 10.1 Å². The Labute approximate surface area is 121 Å². The van der Waals surface area contributed by atoms with Crippen LogP contribution in [0, 0.1) is 0 Å².